The molecule has 1 saturated carbocycles. The molecule has 0 aromatic rings. The van der Waals surface area contributed by atoms with Crippen molar-refractivity contribution in [2.24, 2.45) is 11.8 Å². The molecule has 5 atom stereocenters. The highest BCUT2D eigenvalue weighted by Gasteiger charge is 2.71. The summed E-state index contributed by atoms with van der Waals surface area (Å²) in [6, 6.07) is -0.591. The summed E-state index contributed by atoms with van der Waals surface area (Å²) in [7, 11) is 1.74. The average molecular weight is 458 g/mol. The summed E-state index contributed by atoms with van der Waals surface area (Å²) in [4.78, 5) is 46.6. The molecule has 0 radical (unpaired) electrons. The van der Waals surface area contributed by atoms with Gasteiger partial charge in [0.25, 0.3) is 0 Å². The van der Waals surface area contributed by atoms with Crippen LogP contribution in [0.2, 0.25) is 0 Å². The molecule has 8 heteroatoms. The number of ether oxygens (including phenoxy) is 1. The van der Waals surface area contributed by atoms with Crippen LogP contribution in [0.4, 0.5) is 0 Å². The van der Waals surface area contributed by atoms with Crippen molar-refractivity contribution in [1.82, 2.24) is 14.7 Å². The summed E-state index contributed by atoms with van der Waals surface area (Å²) in [6.07, 6.45) is 13.7. The molecule has 180 valence electrons. The molecule has 0 aromatic carbocycles. The Hall–Kier alpha value is -2.19. The number of amides is 3. The number of carbonyl (C=O) groups is 3. The first kappa shape index (κ1) is 22.6. The molecule has 5 aliphatic rings. The minimum absolute atomic E-state index is 0.0403. The van der Waals surface area contributed by atoms with Crippen molar-refractivity contribution in [2.75, 3.05) is 33.3 Å². The smallest absolute Gasteiger partial charge is 0.249 e. The van der Waals surface area contributed by atoms with Crippen LogP contribution >= 0.6 is 0 Å². The Balaban J connectivity index is 1.55. The lowest BCUT2D eigenvalue weighted by Crippen LogP contribution is -2.57. The second kappa shape index (κ2) is 8.87. The maximum Gasteiger partial charge on any atom is 0.249 e. The third-order valence-corrected chi connectivity index (χ3v) is 8.21. The third-order valence-electron chi connectivity index (χ3n) is 8.21. The molecule has 33 heavy (non-hydrogen) atoms. The Bertz CT molecular complexity index is 866. The molecule has 1 N–H and O–H groups in total. The van der Waals surface area contributed by atoms with Gasteiger partial charge in [-0.1, -0.05) is 43.6 Å². The maximum atomic E-state index is 14.1. The Morgan fingerprint density at radius 1 is 1.03 bits per heavy atom. The van der Waals surface area contributed by atoms with Gasteiger partial charge in [0.15, 0.2) is 0 Å². The Labute approximate surface area is 195 Å². The van der Waals surface area contributed by atoms with Crippen molar-refractivity contribution in [2.45, 2.75) is 68.7 Å². The number of carbonyl (C=O) groups excluding carboxylic acids is 3. The van der Waals surface area contributed by atoms with Gasteiger partial charge in [0.05, 0.1) is 17.9 Å². The molecule has 1 aliphatic carbocycles. The van der Waals surface area contributed by atoms with E-state index in [1.165, 1.54) is 6.42 Å². The average Bonchev–Trinajstić information content (AvgIpc) is 3.13. The number of hydrogen-bond donors (Lipinski definition) is 1. The molecule has 0 aromatic heterocycles. The van der Waals surface area contributed by atoms with E-state index >= 15 is 0 Å². The van der Waals surface area contributed by atoms with Crippen LogP contribution < -0.4 is 0 Å². The second-order valence-corrected chi connectivity index (χ2v) is 10.1. The number of hydrogen-bond acceptors (Lipinski definition) is 5. The van der Waals surface area contributed by atoms with E-state index in [4.69, 9.17) is 4.74 Å². The minimum atomic E-state index is -1.13. The van der Waals surface area contributed by atoms with Gasteiger partial charge in [-0.2, -0.15) is 0 Å². The fourth-order valence-electron chi connectivity index (χ4n) is 6.64. The van der Waals surface area contributed by atoms with Gasteiger partial charge in [0, 0.05) is 39.3 Å². The van der Waals surface area contributed by atoms with Crippen LogP contribution in [0.15, 0.2) is 24.3 Å². The molecule has 8 nitrogen and oxygen atoms in total. The molecule has 1 unspecified atom stereocenters. The van der Waals surface area contributed by atoms with Crippen molar-refractivity contribution >= 4 is 17.7 Å². The summed E-state index contributed by atoms with van der Waals surface area (Å²) in [6.45, 7) is 1.41. The van der Waals surface area contributed by atoms with E-state index in [0.717, 1.165) is 25.7 Å². The van der Waals surface area contributed by atoms with Crippen molar-refractivity contribution in [3.05, 3.63) is 24.3 Å². The SMILES string of the molecule is CN1CC=C[C@H]2O[C@]34C=CCN(C5CCCCC5)C(=O)C3N(CCCCO)C(=O)[C@@H]4[C@H]2C1=O. The number of aliphatic hydroxyl groups excluding tert-OH is 1. The van der Waals surface area contributed by atoms with Crippen LogP contribution in [0.25, 0.3) is 0 Å². The van der Waals surface area contributed by atoms with Gasteiger partial charge in [-0.25, -0.2) is 0 Å². The molecule has 5 rings (SSSR count). The number of fused-ring (bicyclic) bond motifs is 2. The predicted molar refractivity (Wildman–Crippen MR) is 121 cm³/mol. The summed E-state index contributed by atoms with van der Waals surface area (Å²) in [5.41, 5.74) is -1.13. The zero-order valence-electron chi connectivity index (χ0n) is 19.4. The van der Waals surface area contributed by atoms with Crippen molar-refractivity contribution in [3.8, 4) is 0 Å². The predicted octanol–water partition coefficient (Wildman–Crippen LogP) is 1.10. The summed E-state index contributed by atoms with van der Waals surface area (Å²) < 4.78 is 6.59. The molecule has 1 spiro atoms. The topological polar surface area (TPSA) is 90.4 Å². The Morgan fingerprint density at radius 2 is 1.82 bits per heavy atom. The summed E-state index contributed by atoms with van der Waals surface area (Å²) in [5.74, 6) is -1.69. The molecule has 0 bridgehead atoms. The van der Waals surface area contributed by atoms with E-state index < -0.39 is 29.6 Å². The largest absolute Gasteiger partial charge is 0.396 e. The fraction of sp³-hybridized carbons (Fsp3) is 0.720. The molecular formula is C25H35N3O5. The van der Waals surface area contributed by atoms with E-state index in [1.807, 2.05) is 29.2 Å². The van der Waals surface area contributed by atoms with Gasteiger partial charge in [-0.15, -0.1) is 0 Å². The zero-order chi connectivity index (χ0) is 23.2. The number of rotatable bonds is 5. The van der Waals surface area contributed by atoms with E-state index in [-0.39, 0.29) is 30.4 Å². The van der Waals surface area contributed by atoms with Crippen LogP contribution in [0.5, 0.6) is 0 Å². The van der Waals surface area contributed by atoms with Crippen LogP contribution in [-0.4, -0.2) is 94.6 Å². The third kappa shape index (κ3) is 3.53. The lowest BCUT2D eigenvalue weighted by atomic mass is 9.77. The van der Waals surface area contributed by atoms with Gasteiger partial charge in [0.2, 0.25) is 17.7 Å². The van der Waals surface area contributed by atoms with Gasteiger partial charge in [-0.3, -0.25) is 14.4 Å². The molecule has 3 fully saturated rings. The number of likely N-dealkylation sites (N-methyl/N-ethyl adjacent to an activating group) is 1. The number of likely N-dealkylation sites (tertiary alicyclic amines) is 1. The highest BCUT2D eigenvalue weighted by atomic mass is 16.5. The van der Waals surface area contributed by atoms with Crippen molar-refractivity contribution < 1.29 is 24.2 Å². The van der Waals surface area contributed by atoms with Gasteiger partial charge < -0.3 is 24.5 Å². The Kier molecular flexibility index (Phi) is 6.07. The zero-order valence-corrected chi connectivity index (χ0v) is 19.4. The molecule has 2 saturated heterocycles. The first-order valence-corrected chi connectivity index (χ1v) is 12.5. The minimum Gasteiger partial charge on any atom is -0.396 e. The highest BCUT2D eigenvalue weighted by Crippen LogP contribution is 2.53. The second-order valence-electron chi connectivity index (χ2n) is 10.1. The van der Waals surface area contributed by atoms with Crippen molar-refractivity contribution in [3.63, 3.8) is 0 Å². The van der Waals surface area contributed by atoms with E-state index in [9.17, 15) is 19.5 Å². The number of unbranched alkanes of at least 4 members (excludes halogenated alkanes) is 1. The van der Waals surface area contributed by atoms with Crippen molar-refractivity contribution in [1.29, 1.82) is 0 Å². The lowest BCUT2D eigenvalue weighted by molar-refractivity contribution is -0.149. The molecule has 3 amide bonds. The molecule has 4 heterocycles. The summed E-state index contributed by atoms with van der Waals surface area (Å²) >= 11 is 0. The van der Waals surface area contributed by atoms with Gasteiger partial charge in [-0.05, 0) is 25.7 Å². The van der Waals surface area contributed by atoms with E-state index in [2.05, 4.69) is 0 Å². The molecular weight excluding hydrogens is 422 g/mol. The van der Waals surface area contributed by atoms with E-state index in [1.54, 1.807) is 16.8 Å². The number of nitrogens with zero attached hydrogens (tertiary/aromatic N) is 3. The maximum absolute atomic E-state index is 14.1. The first-order valence-electron chi connectivity index (χ1n) is 12.5. The first-order chi connectivity index (χ1) is 16.0. The van der Waals surface area contributed by atoms with Crippen LogP contribution in [-0.2, 0) is 19.1 Å². The molecule has 4 aliphatic heterocycles. The van der Waals surface area contributed by atoms with Crippen LogP contribution in [0.3, 0.4) is 0 Å². The van der Waals surface area contributed by atoms with Gasteiger partial charge >= 0.3 is 0 Å². The fourth-order valence-corrected chi connectivity index (χ4v) is 6.64. The van der Waals surface area contributed by atoms with Crippen LogP contribution in [0, 0.1) is 11.8 Å². The quantitative estimate of drug-likeness (QED) is 0.493. The monoisotopic (exact) mass is 457 g/mol. The highest BCUT2D eigenvalue weighted by molar-refractivity contribution is 5.99. The number of aliphatic hydroxyl groups is 1. The van der Waals surface area contributed by atoms with Gasteiger partial charge in [0.1, 0.15) is 11.6 Å². The van der Waals surface area contributed by atoms with E-state index in [0.29, 0.717) is 32.5 Å². The lowest BCUT2D eigenvalue weighted by Gasteiger charge is -2.39. The van der Waals surface area contributed by atoms with Crippen LogP contribution in [0.1, 0.15) is 44.9 Å². The Morgan fingerprint density at radius 3 is 2.58 bits per heavy atom. The standard InChI is InChI=1S/C25H35N3O5/c1-26-13-7-11-18-19(22(26)30)20-23(31)28(14-5-6-16-29)21-24(32)27(17-9-3-2-4-10-17)15-8-12-25(20,21)33-18/h7-8,11-12,17-21,29H,2-6,9-10,13-16H2,1H3/t18-,19+,20+,21?,25+/m1/s1. The normalized spacial score (nSPS) is 36.7. The summed E-state index contributed by atoms with van der Waals surface area (Å²) in [5, 5.41) is 9.28.